The van der Waals surface area contributed by atoms with Crippen LogP contribution in [0.3, 0.4) is 0 Å². The first-order valence-electron chi connectivity index (χ1n) is 7.27. The summed E-state index contributed by atoms with van der Waals surface area (Å²) in [6.45, 7) is 0. The second-order valence-electron chi connectivity index (χ2n) is 5.18. The van der Waals surface area contributed by atoms with Gasteiger partial charge in [-0.1, -0.05) is 0 Å². The van der Waals surface area contributed by atoms with Crippen molar-refractivity contribution in [3.8, 4) is 11.5 Å². The predicted octanol–water partition coefficient (Wildman–Crippen LogP) is 3.37. The first-order chi connectivity index (χ1) is 11.2. The number of fused-ring (bicyclic) bond motifs is 1. The normalized spacial score (nSPS) is 10.5. The SMILES string of the molecule is COc1ccc(NC(=O)Cc2c[nH]c3ccc(OC)cc23)cc1. The maximum atomic E-state index is 12.2. The lowest BCUT2D eigenvalue weighted by molar-refractivity contribution is -0.115. The lowest BCUT2D eigenvalue weighted by Gasteiger charge is -2.06. The van der Waals surface area contributed by atoms with Crippen molar-refractivity contribution in [2.45, 2.75) is 6.42 Å². The summed E-state index contributed by atoms with van der Waals surface area (Å²) in [6, 6.07) is 13.0. The van der Waals surface area contributed by atoms with Gasteiger partial charge >= 0.3 is 0 Å². The summed E-state index contributed by atoms with van der Waals surface area (Å²) in [5.74, 6) is 1.46. The summed E-state index contributed by atoms with van der Waals surface area (Å²) >= 11 is 0. The van der Waals surface area contributed by atoms with Crippen LogP contribution in [0.15, 0.2) is 48.7 Å². The van der Waals surface area contributed by atoms with Crippen LogP contribution >= 0.6 is 0 Å². The molecule has 1 amide bonds. The van der Waals surface area contributed by atoms with E-state index in [0.29, 0.717) is 6.42 Å². The average Bonchev–Trinajstić information content (AvgIpc) is 2.97. The number of carbonyl (C=O) groups excluding carboxylic acids is 1. The molecule has 1 heterocycles. The zero-order valence-corrected chi connectivity index (χ0v) is 13.1. The highest BCUT2D eigenvalue weighted by Crippen LogP contribution is 2.24. The summed E-state index contributed by atoms with van der Waals surface area (Å²) in [6.07, 6.45) is 2.15. The molecular formula is C18H18N2O3. The van der Waals surface area contributed by atoms with Crippen molar-refractivity contribution in [3.63, 3.8) is 0 Å². The second kappa shape index (κ2) is 6.44. The Morgan fingerprint density at radius 2 is 1.74 bits per heavy atom. The topological polar surface area (TPSA) is 63.3 Å². The van der Waals surface area contributed by atoms with Crippen LogP contribution < -0.4 is 14.8 Å². The van der Waals surface area contributed by atoms with E-state index in [1.807, 2.05) is 48.7 Å². The van der Waals surface area contributed by atoms with Crippen LogP contribution in [-0.4, -0.2) is 25.1 Å². The zero-order valence-electron chi connectivity index (χ0n) is 13.1. The van der Waals surface area contributed by atoms with Gasteiger partial charge in [0.15, 0.2) is 0 Å². The Morgan fingerprint density at radius 1 is 1.04 bits per heavy atom. The number of rotatable bonds is 5. The summed E-state index contributed by atoms with van der Waals surface area (Å²) in [5.41, 5.74) is 2.66. The molecule has 3 rings (SSSR count). The molecule has 0 saturated carbocycles. The predicted molar refractivity (Wildman–Crippen MR) is 90.2 cm³/mol. The quantitative estimate of drug-likeness (QED) is 0.759. The highest BCUT2D eigenvalue weighted by Gasteiger charge is 2.10. The molecule has 1 aromatic heterocycles. The van der Waals surface area contributed by atoms with Crippen molar-refractivity contribution in [1.29, 1.82) is 0 Å². The van der Waals surface area contributed by atoms with Gasteiger partial charge in [0, 0.05) is 22.8 Å². The number of benzene rings is 2. The number of carbonyl (C=O) groups is 1. The fourth-order valence-electron chi connectivity index (χ4n) is 2.48. The van der Waals surface area contributed by atoms with Gasteiger partial charge in [-0.25, -0.2) is 0 Å². The lowest BCUT2D eigenvalue weighted by Crippen LogP contribution is -2.14. The first kappa shape index (κ1) is 15.0. The van der Waals surface area contributed by atoms with Gasteiger partial charge in [-0.3, -0.25) is 4.79 Å². The Bertz CT molecular complexity index is 822. The van der Waals surface area contributed by atoms with Crippen molar-refractivity contribution in [2.75, 3.05) is 19.5 Å². The Kier molecular flexibility index (Phi) is 4.19. The number of nitrogens with one attached hydrogen (secondary N) is 2. The molecule has 5 heteroatoms. The van der Waals surface area contributed by atoms with E-state index in [-0.39, 0.29) is 5.91 Å². The number of ether oxygens (including phenoxy) is 2. The molecule has 0 atom stereocenters. The smallest absolute Gasteiger partial charge is 0.228 e. The maximum Gasteiger partial charge on any atom is 0.228 e. The van der Waals surface area contributed by atoms with Crippen LogP contribution in [0.5, 0.6) is 11.5 Å². The van der Waals surface area contributed by atoms with Crippen LogP contribution in [0.1, 0.15) is 5.56 Å². The van der Waals surface area contributed by atoms with Gasteiger partial charge in [-0.05, 0) is 48.0 Å². The average molecular weight is 310 g/mol. The van der Waals surface area contributed by atoms with Gasteiger partial charge in [-0.2, -0.15) is 0 Å². The highest BCUT2D eigenvalue weighted by molar-refractivity contribution is 5.96. The van der Waals surface area contributed by atoms with Gasteiger partial charge in [0.05, 0.1) is 20.6 Å². The number of H-pyrrole nitrogens is 1. The molecule has 0 unspecified atom stereocenters. The molecule has 2 N–H and O–H groups in total. The van der Waals surface area contributed by atoms with Crippen molar-refractivity contribution in [2.24, 2.45) is 0 Å². The number of aromatic nitrogens is 1. The van der Waals surface area contributed by atoms with Crippen LogP contribution in [0.25, 0.3) is 10.9 Å². The van der Waals surface area contributed by atoms with E-state index in [4.69, 9.17) is 9.47 Å². The second-order valence-corrected chi connectivity index (χ2v) is 5.18. The molecule has 0 aliphatic carbocycles. The van der Waals surface area contributed by atoms with Gasteiger partial charge in [-0.15, -0.1) is 0 Å². The van der Waals surface area contributed by atoms with Crippen LogP contribution in [0.4, 0.5) is 5.69 Å². The first-order valence-corrected chi connectivity index (χ1v) is 7.27. The van der Waals surface area contributed by atoms with Crippen molar-refractivity contribution in [3.05, 3.63) is 54.2 Å². The fraction of sp³-hybridized carbons (Fsp3) is 0.167. The number of methoxy groups -OCH3 is 2. The van der Waals surface area contributed by atoms with E-state index in [0.717, 1.165) is 33.7 Å². The molecule has 0 fully saturated rings. The number of hydrogen-bond acceptors (Lipinski definition) is 3. The van der Waals surface area contributed by atoms with Crippen LogP contribution in [-0.2, 0) is 11.2 Å². The molecule has 3 aromatic rings. The molecule has 0 spiro atoms. The molecule has 5 nitrogen and oxygen atoms in total. The standard InChI is InChI=1S/C18H18N2O3/c1-22-14-5-3-13(4-6-14)20-18(21)9-12-11-19-17-8-7-15(23-2)10-16(12)17/h3-8,10-11,19H,9H2,1-2H3,(H,20,21). The summed E-state index contributed by atoms with van der Waals surface area (Å²) in [5, 5.41) is 3.88. The monoisotopic (exact) mass is 310 g/mol. The molecule has 2 aromatic carbocycles. The third-order valence-corrected chi connectivity index (χ3v) is 3.70. The van der Waals surface area contributed by atoms with Gasteiger partial charge in [0.2, 0.25) is 5.91 Å². The summed E-state index contributed by atoms with van der Waals surface area (Å²) in [4.78, 5) is 15.4. The van der Waals surface area contributed by atoms with E-state index >= 15 is 0 Å². The van der Waals surface area contributed by atoms with Gasteiger partial charge < -0.3 is 19.8 Å². The molecule has 0 bridgehead atoms. The zero-order chi connectivity index (χ0) is 16.2. The fourth-order valence-corrected chi connectivity index (χ4v) is 2.48. The Morgan fingerprint density at radius 3 is 2.43 bits per heavy atom. The molecule has 0 aliphatic rings. The molecule has 0 aliphatic heterocycles. The minimum Gasteiger partial charge on any atom is -0.497 e. The summed E-state index contributed by atoms with van der Waals surface area (Å²) in [7, 11) is 3.24. The summed E-state index contributed by atoms with van der Waals surface area (Å²) < 4.78 is 10.3. The molecular weight excluding hydrogens is 292 g/mol. The van der Waals surface area contributed by atoms with Gasteiger partial charge in [0.25, 0.3) is 0 Å². The largest absolute Gasteiger partial charge is 0.497 e. The van der Waals surface area contributed by atoms with Crippen LogP contribution in [0, 0.1) is 0 Å². The number of hydrogen-bond donors (Lipinski definition) is 2. The Labute approximate surface area is 134 Å². The molecule has 23 heavy (non-hydrogen) atoms. The van der Waals surface area contributed by atoms with Crippen molar-refractivity contribution in [1.82, 2.24) is 4.98 Å². The number of aromatic amines is 1. The minimum atomic E-state index is -0.0705. The van der Waals surface area contributed by atoms with E-state index in [1.54, 1.807) is 14.2 Å². The van der Waals surface area contributed by atoms with Crippen molar-refractivity contribution >= 4 is 22.5 Å². The van der Waals surface area contributed by atoms with Crippen LogP contribution in [0.2, 0.25) is 0 Å². The number of anilines is 1. The van der Waals surface area contributed by atoms with Gasteiger partial charge in [0.1, 0.15) is 11.5 Å². The Balaban J connectivity index is 1.74. The maximum absolute atomic E-state index is 12.2. The van der Waals surface area contributed by atoms with E-state index in [2.05, 4.69) is 10.3 Å². The lowest BCUT2D eigenvalue weighted by atomic mass is 10.1. The Hall–Kier alpha value is -2.95. The van der Waals surface area contributed by atoms with E-state index in [1.165, 1.54) is 0 Å². The molecule has 0 radical (unpaired) electrons. The third-order valence-electron chi connectivity index (χ3n) is 3.70. The minimum absolute atomic E-state index is 0.0705. The van der Waals surface area contributed by atoms with Crippen molar-refractivity contribution < 1.29 is 14.3 Å². The number of amides is 1. The molecule has 0 saturated heterocycles. The van der Waals surface area contributed by atoms with E-state index in [9.17, 15) is 4.79 Å². The third kappa shape index (κ3) is 3.29. The highest BCUT2D eigenvalue weighted by atomic mass is 16.5. The molecule has 118 valence electrons. The van der Waals surface area contributed by atoms with E-state index < -0.39 is 0 Å².